The summed E-state index contributed by atoms with van der Waals surface area (Å²) >= 11 is 0. The first-order chi connectivity index (χ1) is 4.75. The summed E-state index contributed by atoms with van der Waals surface area (Å²) in [6.07, 6.45) is 3.41. The van der Waals surface area contributed by atoms with Crippen molar-refractivity contribution in [2.45, 2.75) is 26.2 Å². The van der Waals surface area contributed by atoms with E-state index in [0.717, 1.165) is 12.8 Å². The van der Waals surface area contributed by atoms with Gasteiger partial charge in [-0.25, -0.2) is 0 Å². The van der Waals surface area contributed by atoms with Crippen molar-refractivity contribution in [2.24, 2.45) is 17.6 Å². The van der Waals surface area contributed by atoms with Crippen LogP contribution in [0.15, 0.2) is 0 Å². The number of hydrogen-bond acceptors (Lipinski definition) is 2. The average molecular weight is 141 g/mol. The summed E-state index contributed by atoms with van der Waals surface area (Å²) in [6, 6.07) is 0. The average Bonchev–Trinajstić information content (AvgIpc) is 2.33. The van der Waals surface area contributed by atoms with Gasteiger partial charge >= 0.3 is 0 Å². The van der Waals surface area contributed by atoms with Gasteiger partial charge in [-0.05, 0) is 32.2 Å². The quantitative estimate of drug-likeness (QED) is 0.622. The highest BCUT2D eigenvalue weighted by Crippen LogP contribution is 2.31. The molecule has 58 valence electrons. The predicted molar refractivity (Wildman–Crippen MR) is 40.6 cm³/mol. The molecule has 2 nitrogen and oxygen atoms in total. The van der Waals surface area contributed by atoms with E-state index in [2.05, 4.69) is 0 Å². The molecule has 2 atom stereocenters. The van der Waals surface area contributed by atoms with E-state index in [9.17, 15) is 4.79 Å². The summed E-state index contributed by atoms with van der Waals surface area (Å²) in [5.41, 5.74) is 5.51. The van der Waals surface area contributed by atoms with Gasteiger partial charge in [0, 0.05) is 5.92 Å². The van der Waals surface area contributed by atoms with E-state index < -0.39 is 0 Å². The number of Topliss-reactive ketones (excluding diaryl/α,β-unsaturated/α-hetero) is 1. The smallest absolute Gasteiger partial charge is 0.133 e. The van der Waals surface area contributed by atoms with Crippen molar-refractivity contribution >= 4 is 5.78 Å². The minimum Gasteiger partial charge on any atom is -0.330 e. The fraction of sp³-hybridized carbons (Fsp3) is 0.875. The third-order valence-electron chi connectivity index (χ3n) is 2.48. The minimum absolute atomic E-state index is 0.282. The molecule has 2 unspecified atom stereocenters. The lowest BCUT2D eigenvalue weighted by molar-refractivity contribution is -0.121. The molecule has 0 spiro atoms. The molecule has 0 bridgehead atoms. The van der Waals surface area contributed by atoms with Crippen LogP contribution in [-0.4, -0.2) is 12.3 Å². The first kappa shape index (κ1) is 7.73. The number of rotatable bonds is 2. The summed E-state index contributed by atoms with van der Waals surface area (Å²) in [6.45, 7) is 2.36. The third kappa shape index (κ3) is 1.37. The Bertz CT molecular complexity index is 133. The summed E-state index contributed by atoms with van der Waals surface area (Å²) in [4.78, 5) is 11.0. The molecule has 0 aromatic rings. The van der Waals surface area contributed by atoms with Crippen LogP contribution in [0.5, 0.6) is 0 Å². The molecule has 1 aliphatic carbocycles. The highest BCUT2D eigenvalue weighted by Gasteiger charge is 2.28. The number of carbonyl (C=O) groups excluding carboxylic acids is 1. The van der Waals surface area contributed by atoms with Crippen LogP contribution in [0, 0.1) is 11.8 Å². The molecule has 0 amide bonds. The molecule has 0 radical (unpaired) electrons. The van der Waals surface area contributed by atoms with E-state index in [1.807, 2.05) is 0 Å². The Hall–Kier alpha value is -0.370. The zero-order valence-electron chi connectivity index (χ0n) is 6.47. The molecule has 1 rings (SSSR count). The molecule has 2 heteroatoms. The Balaban J connectivity index is 2.50. The Kier molecular flexibility index (Phi) is 2.44. The molecule has 1 saturated carbocycles. The Morgan fingerprint density at radius 3 is 2.70 bits per heavy atom. The third-order valence-corrected chi connectivity index (χ3v) is 2.48. The highest BCUT2D eigenvalue weighted by molar-refractivity contribution is 5.78. The van der Waals surface area contributed by atoms with Crippen LogP contribution in [-0.2, 0) is 4.79 Å². The lowest BCUT2D eigenvalue weighted by Gasteiger charge is -2.13. The number of hydrogen-bond donors (Lipinski definition) is 1. The maximum Gasteiger partial charge on any atom is 0.133 e. The van der Waals surface area contributed by atoms with Gasteiger partial charge in [0.2, 0.25) is 0 Å². The molecule has 0 aliphatic heterocycles. The van der Waals surface area contributed by atoms with Crippen molar-refractivity contribution in [1.82, 2.24) is 0 Å². The van der Waals surface area contributed by atoms with E-state index in [1.165, 1.54) is 6.42 Å². The van der Waals surface area contributed by atoms with Crippen molar-refractivity contribution in [3.8, 4) is 0 Å². The van der Waals surface area contributed by atoms with Crippen LogP contribution in [0.2, 0.25) is 0 Å². The van der Waals surface area contributed by atoms with Crippen molar-refractivity contribution in [1.29, 1.82) is 0 Å². The molecular formula is C8H15NO. The summed E-state index contributed by atoms with van der Waals surface area (Å²) in [7, 11) is 0. The predicted octanol–water partition coefficient (Wildman–Crippen LogP) is 0.950. The van der Waals surface area contributed by atoms with Gasteiger partial charge in [0.25, 0.3) is 0 Å². The second-order valence-electron chi connectivity index (χ2n) is 3.14. The number of ketones is 1. The molecule has 0 heterocycles. The summed E-state index contributed by atoms with van der Waals surface area (Å²) in [5, 5.41) is 0. The van der Waals surface area contributed by atoms with Gasteiger partial charge < -0.3 is 5.73 Å². The van der Waals surface area contributed by atoms with Gasteiger partial charge in [-0.15, -0.1) is 0 Å². The molecule has 0 aromatic heterocycles. The van der Waals surface area contributed by atoms with Crippen molar-refractivity contribution in [3.05, 3.63) is 0 Å². The van der Waals surface area contributed by atoms with Crippen molar-refractivity contribution < 1.29 is 4.79 Å². The maximum absolute atomic E-state index is 11.0. The van der Waals surface area contributed by atoms with Crippen molar-refractivity contribution in [2.75, 3.05) is 6.54 Å². The molecule has 2 N–H and O–H groups in total. The van der Waals surface area contributed by atoms with Gasteiger partial charge in [-0.2, -0.15) is 0 Å². The number of carbonyl (C=O) groups is 1. The van der Waals surface area contributed by atoms with Gasteiger partial charge in [-0.3, -0.25) is 4.79 Å². The Labute approximate surface area is 61.8 Å². The van der Waals surface area contributed by atoms with E-state index in [-0.39, 0.29) is 5.92 Å². The molecular weight excluding hydrogens is 126 g/mol. The van der Waals surface area contributed by atoms with Gasteiger partial charge in [0.05, 0.1) is 0 Å². The zero-order valence-corrected chi connectivity index (χ0v) is 6.47. The first-order valence-electron chi connectivity index (χ1n) is 3.96. The van der Waals surface area contributed by atoms with Crippen LogP contribution in [0.25, 0.3) is 0 Å². The largest absolute Gasteiger partial charge is 0.330 e. The second-order valence-corrected chi connectivity index (χ2v) is 3.14. The molecule has 1 aliphatic rings. The van der Waals surface area contributed by atoms with Crippen LogP contribution in [0.4, 0.5) is 0 Å². The van der Waals surface area contributed by atoms with E-state index in [1.54, 1.807) is 6.92 Å². The van der Waals surface area contributed by atoms with Gasteiger partial charge in [0.1, 0.15) is 5.78 Å². The van der Waals surface area contributed by atoms with Gasteiger partial charge in [-0.1, -0.05) is 6.42 Å². The monoisotopic (exact) mass is 141 g/mol. The highest BCUT2D eigenvalue weighted by atomic mass is 16.1. The van der Waals surface area contributed by atoms with E-state index >= 15 is 0 Å². The lowest BCUT2D eigenvalue weighted by Crippen LogP contribution is -2.23. The zero-order chi connectivity index (χ0) is 7.56. The van der Waals surface area contributed by atoms with E-state index in [0.29, 0.717) is 18.2 Å². The Morgan fingerprint density at radius 1 is 1.60 bits per heavy atom. The van der Waals surface area contributed by atoms with Gasteiger partial charge in [0.15, 0.2) is 0 Å². The normalized spacial score (nSPS) is 32.6. The minimum atomic E-state index is 0.282. The van der Waals surface area contributed by atoms with Crippen molar-refractivity contribution in [3.63, 3.8) is 0 Å². The summed E-state index contributed by atoms with van der Waals surface area (Å²) < 4.78 is 0. The van der Waals surface area contributed by atoms with Crippen LogP contribution in [0.1, 0.15) is 26.2 Å². The Morgan fingerprint density at radius 2 is 2.30 bits per heavy atom. The second kappa shape index (κ2) is 3.15. The summed E-state index contributed by atoms with van der Waals surface area (Å²) in [5.74, 6) is 1.09. The molecule has 0 aromatic carbocycles. The van der Waals surface area contributed by atoms with Crippen LogP contribution >= 0.6 is 0 Å². The lowest BCUT2D eigenvalue weighted by atomic mass is 9.93. The molecule has 10 heavy (non-hydrogen) atoms. The SMILES string of the molecule is CC(=O)C1CCCC1CN. The van der Waals surface area contributed by atoms with Crippen LogP contribution in [0.3, 0.4) is 0 Å². The fourth-order valence-corrected chi connectivity index (χ4v) is 1.85. The van der Waals surface area contributed by atoms with Crippen LogP contribution < -0.4 is 5.73 Å². The van der Waals surface area contributed by atoms with E-state index in [4.69, 9.17) is 5.73 Å². The topological polar surface area (TPSA) is 43.1 Å². The maximum atomic E-state index is 11.0. The first-order valence-corrected chi connectivity index (χ1v) is 3.96. The molecule has 0 saturated heterocycles. The standard InChI is InChI=1S/C8H15NO/c1-6(10)8-4-2-3-7(8)5-9/h7-8H,2-5,9H2,1H3. The molecule has 1 fully saturated rings. The fourth-order valence-electron chi connectivity index (χ4n) is 1.85. The number of nitrogens with two attached hydrogens (primary N) is 1.